The Kier molecular flexibility index (Phi) is 2.95. The molecule has 6 heteroatoms. The van der Waals surface area contributed by atoms with Crippen LogP contribution in [-0.2, 0) is 13.3 Å². The quantitative estimate of drug-likeness (QED) is 0.463. The van der Waals surface area contributed by atoms with Crippen LogP contribution in [0, 0.1) is 10.1 Å². The molecular formula is C8H8F2N2O2. The van der Waals surface area contributed by atoms with E-state index < -0.39 is 24.0 Å². The van der Waals surface area contributed by atoms with Gasteiger partial charge in [-0.2, -0.15) is 0 Å². The zero-order chi connectivity index (χ0) is 10.7. The maximum Gasteiger partial charge on any atom is 0.297 e. The van der Waals surface area contributed by atoms with Crippen molar-refractivity contribution in [2.24, 2.45) is 0 Å². The summed E-state index contributed by atoms with van der Waals surface area (Å²) >= 11 is 0. The van der Waals surface area contributed by atoms with E-state index in [1.54, 1.807) is 0 Å². The Hall–Kier alpha value is -1.72. The lowest BCUT2D eigenvalue weighted by Gasteiger charge is -2.03. The van der Waals surface area contributed by atoms with Crippen molar-refractivity contribution in [2.45, 2.75) is 13.3 Å². The van der Waals surface area contributed by atoms with Gasteiger partial charge in [0.25, 0.3) is 5.69 Å². The molecule has 0 aliphatic carbocycles. The van der Waals surface area contributed by atoms with Crippen molar-refractivity contribution in [3.63, 3.8) is 0 Å². The maximum absolute atomic E-state index is 12.4. The Labute approximate surface area is 78.5 Å². The topological polar surface area (TPSA) is 69.2 Å². The van der Waals surface area contributed by atoms with Crippen molar-refractivity contribution in [1.82, 2.24) is 0 Å². The first kappa shape index (κ1) is 10.4. The molecule has 0 aliphatic heterocycles. The number of nitrogens with two attached hydrogens (primary N) is 1. The van der Waals surface area contributed by atoms with Gasteiger partial charge in [0.05, 0.1) is 10.5 Å². The number of nitrogen functional groups attached to an aromatic ring is 1. The highest BCUT2D eigenvalue weighted by molar-refractivity contribution is 5.63. The molecule has 0 aromatic heterocycles. The summed E-state index contributed by atoms with van der Waals surface area (Å²) in [5.74, 6) is 0. The number of nitro groups is 1. The number of halogens is 2. The van der Waals surface area contributed by atoms with Gasteiger partial charge in [0.15, 0.2) is 0 Å². The molecule has 0 saturated carbocycles. The predicted molar refractivity (Wildman–Crippen MR) is 47.1 cm³/mol. The molecule has 0 heterocycles. The molecule has 0 radical (unpaired) electrons. The van der Waals surface area contributed by atoms with Gasteiger partial charge in [0.2, 0.25) is 0 Å². The number of nitro benzene ring substituents is 1. The van der Waals surface area contributed by atoms with Crippen LogP contribution in [0.5, 0.6) is 0 Å². The van der Waals surface area contributed by atoms with Crippen LogP contribution in [0.4, 0.5) is 20.2 Å². The average Bonchev–Trinajstić information content (AvgIpc) is 2.15. The number of hydrogen-bond donors (Lipinski definition) is 1. The monoisotopic (exact) mass is 202 g/mol. The van der Waals surface area contributed by atoms with E-state index in [2.05, 4.69) is 0 Å². The highest BCUT2D eigenvalue weighted by atomic mass is 19.1. The Morgan fingerprint density at radius 1 is 1.36 bits per heavy atom. The summed E-state index contributed by atoms with van der Waals surface area (Å²) in [6.07, 6.45) is 0. The second kappa shape index (κ2) is 3.99. The summed E-state index contributed by atoms with van der Waals surface area (Å²) in [5, 5.41) is 10.5. The summed E-state index contributed by atoms with van der Waals surface area (Å²) in [7, 11) is 0. The van der Waals surface area contributed by atoms with Crippen molar-refractivity contribution in [3.8, 4) is 0 Å². The van der Waals surface area contributed by atoms with Crippen LogP contribution in [0.25, 0.3) is 0 Å². The van der Waals surface area contributed by atoms with Gasteiger partial charge < -0.3 is 5.73 Å². The minimum Gasteiger partial charge on any atom is -0.393 e. The molecule has 4 nitrogen and oxygen atoms in total. The third-order valence-corrected chi connectivity index (χ3v) is 1.76. The van der Waals surface area contributed by atoms with E-state index in [0.29, 0.717) is 0 Å². The minimum atomic E-state index is -1.03. The molecule has 0 spiro atoms. The normalized spacial score (nSPS) is 10.1. The lowest BCUT2D eigenvalue weighted by atomic mass is 10.1. The number of alkyl halides is 2. The van der Waals surface area contributed by atoms with E-state index in [9.17, 15) is 18.9 Å². The zero-order valence-corrected chi connectivity index (χ0v) is 7.17. The van der Waals surface area contributed by atoms with Crippen LogP contribution < -0.4 is 5.73 Å². The molecule has 0 amide bonds. The highest BCUT2D eigenvalue weighted by Gasteiger charge is 2.18. The van der Waals surface area contributed by atoms with Gasteiger partial charge >= 0.3 is 0 Å². The van der Waals surface area contributed by atoms with Gasteiger partial charge in [-0.1, -0.05) is 0 Å². The fraction of sp³-hybridized carbons (Fsp3) is 0.250. The molecular weight excluding hydrogens is 194 g/mol. The first-order chi connectivity index (χ1) is 6.60. The van der Waals surface area contributed by atoms with Crippen LogP contribution in [-0.4, -0.2) is 4.92 Å². The summed E-state index contributed by atoms with van der Waals surface area (Å²) in [5.41, 5.74) is 4.55. The zero-order valence-electron chi connectivity index (χ0n) is 7.17. The predicted octanol–water partition coefficient (Wildman–Crippen LogP) is 2.12. The van der Waals surface area contributed by atoms with Gasteiger partial charge in [-0.05, 0) is 17.7 Å². The fourth-order valence-electron chi connectivity index (χ4n) is 1.19. The van der Waals surface area contributed by atoms with E-state index in [-0.39, 0.29) is 16.8 Å². The fourth-order valence-corrected chi connectivity index (χ4v) is 1.19. The molecule has 2 N–H and O–H groups in total. The highest BCUT2D eigenvalue weighted by Crippen LogP contribution is 2.28. The van der Waals surface area contributed by atoms with Gasteiger partial charge in [0.1, 0.15) is 19.0 Å². The van der Waals surface area contributed by atoms with E-state index in [0.717, 1.165) is 12.1 Å². The van der Waals surface area contributed by atoms with Crippen LogP contribution in [0.2, 0.25) is 0 Å². The minimum absolute atomic E-state index is 0.140. The van der Waals surface area contributed by atoms with E-state index >= 15 is 0 Å². The van der Waals surface area contributed by atoms with Crippen molar-refractivity contribution in [1.29, 1.82) is 0 Å². The number of anilines is 1. The standard InChI is InChI=1S/C8H8F2N2O2/c9-3-5-1-6(4-10)8(12(13)14)7(11)2-5/h1-2H,3-4,11H2. The molecule has 76 valence electrons. The van der Waals surface area contributed by atoms with Gasteiger partial charge in [-0.3, -0.25) is 10.1 Å². The van der Waals surface area contributed by atoms with Crippen LogP contribution in [0.15, 0.2) is 12.1 Å². The van der Waals surface area contributed by atoms with E-state index in [4.69, 9.17) is 5.73 Å². The third-order valence-electron chi connectivity index (χ3n) is 1.76. The molecule has 1 aromatic carbocycles. The Bertz CT molecular complexity index is 369. The number of nitrogens with zero attached hydrogens (tertiary/aromatic N) is 1. The maximum atomic E-state index is 12.4. The molecule has 0 atom stereocenters. The summed E-state index contributed by atoms with van der Waals surface area (Å²) < 4.78 is 24.6. The molecule has 14 heavy (non-hydrogen) atoms. The number of hydrogen-bond acceptors (Lipinski definition) is 3. The smallest absolute Gasteiger partial charge is 0.297 e. The van der Waals surface area contributed by atoms with Crippen molar-refractivity contribution < 1.29 is 13.7 Å². The van der Waals surface area contributed by atoms with Gasteiger partial charge in [-0.25, -0.2) is 8.78 Å². The first-order valence-electron chi connectivity index (χ1n) is 3.77. The summed E-state index contributed by atoms with van der Waals surface area (Å²) in [6, 6.07) is 2.24. The Balaban J connectivity index is 3.34. The number of benzene rings is 1. The van der Waals surface area contributed by atoms with Crippen LogP contribution in [0.3, 0.4) is 0 Å². The summed E-state index contributed by atoms with van der Waals surface area (Å²) in [4.78, 5) is 9.69. The van der Waals surface area contributed by atoms with Crippen molar-refractivity contribution in [3.05, 3.63) is 33.4 Å². The third kappa shape index (κ3) is 1.78. The second-order valence-electron chi connectivity index (χ2n) is 2.72. The molecule has 0 fully saturated rings. The van der Waals surface area contributed by atoms with Crippen molar-refractivity contribution in [2.75, 3.05) is 5.73 Å². The molecule has 0 saturated heterocycles. The molecule has 0 unspecified atom stereocenters. The molecule has 1 aromatic rings. The lowest BCUT2D eigenvalue weighted by molar-refractivity contribution is -0.384. The number of rotatable bonds is 3. The Morgan fingerprint density at radius 3 is 2.43 bits per heavy atom. The van der Waals surface area contributed by atoms with E-state index in [1.807, 2.05) is 0 Å². The largest absolute Gasteiger partial charge is 0.393 e. The van der Waals surface area contributed by atoms with Crippen LogP contribution in [0.1, 0.15) is 11.1 Å². The lowest BCUT2D eigenvalue weighted by Crippen LogP contribution is -2.01. The summed E-state index contributed by atoms with van der Waals surface area (Å²) in [6.45, 7) is -1.86. The SMILES string of the molecule is Nc1cc(CF)cc(CF)c1[N+](=O)[O-]. The molecule has 0 aliphatic rings. The van der Waals surface area contributed by atoms with E-state index in [1.165, 1.54) is 0 Å². The van der Waals surface area contributed by atoms with Crippen molar-refractivity contribution >= 4 is 11.4 Å². The Morgan fingerprint density at radius 2 is 2.00 bits per heavy atom. The molecule has 0 bridgehead atoms. The van der Waals surface area contributed by atoms with Gasteiger partial charge in [-0.15, -0.1) is 0 Å². The first-order valence-corrected chi connectivity index (χ1v) is 3.77. The molecule has 1 rings (SSSR count). The van der Waals surface area contributed by atoms with Crippen LogP contribution >= 0.6 is 0 Å². The van der Waals surface area contributed by atoms with Gasteiger partial charge in [0, 0.05) is 0 Å². The average molecular weight is 202 g/mol. The second-order valence-corrected chi connectivity index (χ2v) is 2.72.